The van der Waals surface area contributed by atoms with Crippen LogP contribution in [0.2, 0.25) is 0 Å². The Morgan fingerprint density at radius 3 is 1.13 bits per heavy atom. The van der Waals surface area contributed by atoms with E-state index < -0.39 is 11.9 Å². The molecule has 0 spiro atoms. The number of carboxylic acids is 2. The van der Waals surface area contributed by atoms with Crippen molar-refractivity contribution in [1.29, 1.82) is 0 Å². The fraction of sp³-hybridized carbons (Fsp3) is 0.500. The minimum Gasteiger partial charge on any atom is -0.480 e. The maximum absolute atomic E-state index is 10.0. The van der Waals surface area contributed by atoms with Crippen LogP contribution in [0.3, 0.4) is 0 Å². The molecule has 0 aromatic rings. The van der Waals surface area contributed by atoms with E-state index in [-0.39, 0.29) is 29.9 Å². The van der Waals surface area contributed by atoms with E-state index in [0.717, 1.165) is 0 Å². The third-order valence-corrected chi connectivity index (χ3v) is 2.25. The van der Waals surface area contributed by atoms with Crippen LogP contribution in [0.4, 0.5) is 0 Å². The number of aliphatic imine (C=N–C) groups is 2. The zero-order valence-electron chi connectivity index (χ0n) is 13.1. The molecule has 23 heavy (non-hydrogen) atoms. The summed E-state index contributed by atoms with van der Waals surface area (Å²) in [6, 6.07) is 0. The third-order valence-electron chi connectivity index (χ3n) is 2.25. The first-order valence-electron chi connectivity index (χ1n) is 5.99. The molecule has 0 aliphatic carbocycles. The molecule has 0 amide bonds. The van der Waals surface area contributed by atoms with Gasteiger partial charge < -0.3 is 20.6 Å². The molecule has 0 fully saturated rings. The largest absolute Gasteiger partial charge is 0.480 e. The van der Waals surface area contributed by atoms with E-state index >= 15 is 0 Å². The molecule has 10 nitrogen and oxygen atoms in total. The Labute approximate surface area is 143 Å². The van der Waals surface area contributed by atoms with Gasteiger partial charge in [-0.1, -0.05) is 10.3 Å². The number of nitrogens with zero attached hydrogens (tertiary/aromatic N) is 4. The molecule has 0 rings (SSSR count). The van der Waals surface area contributed by atoms with Gasteiger partial charge >= 0.3 is 11.9 Å². The van der Waals surface area contributed by atoms with Gasteiger partial charge in [-0.05, 0) is 27.7 Å². The van der Waals surface area contributed by atoms with Gasteiger partial charge in [0.25, 0.3) is 0 Å². The third kappa shape index (κ3) is 15.9. The molecule has 1 radical (unpaired) electrons. The zero-order chi connectivity index (χ0) is 17.7. The van der Waals surface area contributed by atoms with E-state index in [9.17, 15) is 9.59 Å². The van der Waals surface area contributed by atoms with Crippen molar-refractivity contribution >= 4 is 34.8 Å². The first-order valence-corrected chi connectivity index (χ1v) is 5.99. The van der Waals surface area contributed by atoms with Gasteiger partial charge in [-0.2, -0.15) is 0 Å². The van der Waals surface area contributed by atoms with E-state index in [4.69, 9.17) is 20.6 Å². The van der Waals surface area contributed by atoms with Crippen LogP contribution in [-0.4, -0.2) is 68.5 Å². The van der Waals surface area contributed by atoms with Crippen molar-refractivity contribution in [2.75, 3.05) is 13.1 Å². The van der Waals surface area contributed by atoms with Gasteiger partial charge in [0.1, 0.15) is 13.1 Å². The van der Waals surface area contributed by atoms with Crippen molar-refractivity contribution < 1.29 is 47.0 Å². The Balaban J connectivity index is -0.000000333. The number of hydrogen-bond donors (Lipinski definition) is 4. The molecule has 0 heterocycles. The molecule has 0 aliphatic rings. The standard InChI is InChI=1S/2C6H10N2O3.Co/c2*1-4(5(2)8-11)7-3-6(9)10;/h2*11H,3H2,1-2H3,(H,9,10);. The molecule has 0 aromatic carbocycles. The summed E-state index contributed by atoms with van der Waals surface area (Å²) in [6.07, 6.45) is 0. The predicted molar refractivity (Wildman–Crippen MR) is 81.0 cm³/mol. The van der Waals surface area contributed by atoms with Crippen LogP contribution in [0.25, 0.3) is 0 Å². The average molecular weight is 375 g/mol. The van der Waals surface area contributed by atoms with E-state index in [1.807, 2.05) is 0 Å². The summed E-state index contributed by atoms with van der Waals surface area (Å²) in [4.78, 5) is 27.3. The van der Waals surface area contributed by atoms with Crippen LogP contribution < -0.4 is 0 Å². The molecule has 0 atom stereocenters. The molecule has 133 valence electrons. The number of oxime groups is 2. The minimum absolute atomic E-state index is 0. The smallest absolute Gasteiger partial charge is 0.325 e. The molecule has 0 bridgehead atoms. The molecule has 4 N–H and O–H groups in total. The number of carbonyl (C=O) groups is 2. The quantitative estimate of drug-likeness (QED) is 0.304. The van der Waals surface area contributed by atoms with Crippen LogP contribution in [-0.2, 0) is 26.4 Å². The summed E-state index contributed by atoms with van der Waals surface area (Å²) in [5.74, 6) is -2.01. The second kappa shape index (κ2) is 14.7. The van der Waals surface area contributed by atoms with Crippen LogP contribution >= 0.6 is 0 Å². The van der Waals surface area contributed by atoms with Gasteiger partial charge in [-0.15, -0.1) is 0 Å². The Bertz CT molecular complexity index is 468. The van der Waals surface area contributed by atoms with Gasteiger partial charge in [0.15, 0.2) is 0 Å². The SMILES string of the molecule is CC(=NO)C(C)=NCC(=O)O.CC(=NO)C(C)=NCC(=O)O.[Co]. The molecule has 11 heteroatoms. The summed E-state index contributed by atoms with van der Waals surface area (Å²) >= 11 is 0. The Morgan fingerprint density at radius 2 is 0.957 bits per heavy atom. The number of carboxylic acid groups (broad SMARTS) is 2. The van der Waals surface area contributed by atoms with Gasteiger partial charge in [-0.3, -0.25) is 19.6 Å². The van der Waals surface area contributed by atoms with Gasteiger partial charge in [0, 0.05) is 16.8 Å². The number of rotatable bonds is 6. The van der Waals surface area contributed by atoms with Gasteiger partial charge in [0.2, 0.25) is 0 Å². The summed E-state index contributed by atoms with van der Waals surface area (Å²) in [7, 11) is 0. The molecule has 0 unspecified atom stereocenters. The first-order chi connectivity index (χ1) is 10.1. The Hall–Kier alpha value is -2.27. The van der Waals surface area contributed by atoms with Crippen molar-refractivity contribution in [1.82, 2.24) is 0 Å². The van der Waals surface area contributed by atoms with Crippen LogP contribution in [0.15, 0.2) is 20.3 Å². The van der Waals surface area contributed by atoms with Crippen LogP contribution in [0.1, 0.15) is 27.7 Å². The number of hydrogen-bond acceptors (Lipinski definition) is 8. The summed E-state index contributed by atoms with van der Waals surface area (Å²) < 4.78 is 0. The Morgan fingerprint density at radius 1 is 0.696 bits per heavy atom. The Kier molecular flexibility index (Phi) is 16.4. The summed E-state index contributed by atoms with van der Waals surface area (Å²) in [5, 5.41) is 38.6. The van der Waals surface area contributed by atoms with Crippen molar-refractivity contribution in [3.05, 3.63) is 0 Å². The monoisotopic (exact) mass is 375 g/mol. The first kappa shape index (κ1) is 25.7. The van der Waals surface area contributed by atoms with Crippen LogP contribution in [0, 0.1) is 0 Å². The average Bonchev–Trinajstić information content (AvgIpc) is 2.48. The fourth-order valence-corrected chi connectivity index (χ4v) is 0.746. The van der Waals surface area contributed by atoms with Crippen LogP contribution in [0.5, 0.6) is 0 Å². The van der Waals surface area contributed by atoms with E-state index in [2.05, 4.69) is 20.3 Å². The van der Waals surface area contributed by atoms with E-state index in [0.29, 0.717) is 22.8 Å². The van der Waals surface area contributed by atoms with Crippen molar-refractivity contribution in [3.8, 4) is 0 Å². The summed E-state index contributed by atoms with van der Waals surface area (Å²) in [6.45, 7) is 5.66. The maximum atomic E-state index is 10.0. The number of aliphatic carboxylic acids is 2. The van der Waals surface area contributed by atoms with Gasteiger partial charge in [0.05, 0.1) is 22.8 Å². The summed E-state index contributed by atoms with van der Waals surface area (Å²) in [5.41, 5.74) is 1.50. The fourth-order valence-electron chi connectivity index (χ4n) is 0.746. The molecule has 0 aliphatic heterocycles. The van der Waals surface area contributed by atoms with Crippen molar-refractivity contribution in [2.24, 2.45) is 20.3 Å². The van der Waals surface area contributed by atoms with E-state index in [1.165, 1.54) is 0 Å². The topological polar surface area (TPSA) is 164 Å². The van der Waals surface area contributed by atoms with Gasteiger partial charge in [-0.25, -0.2) is 0 Å². The second-order valence-corrected chi connectivity index (χ2v) is 3.96. The maximum Gasteiger partial charge on any atom is 0.325 e. The van der Waals surface area contributed by atoms with E-state index in [1.54, 1.807) is 27.7 Å². The second-order valence-electron chi connectivity index (χ2n) is 3.96. The minimum atomic E-state index is -1.00. The molecular formula is C12H20CoN4O6. The zero-order valence-corrected chi connectivity index (χ0v) is 14.2. The predicted octanol–water partition coefficient (Wildman–Crippen LogP) is 0.762. The van der Waals surface area contributed by atoms with Crippen molar-refractivity contribution in [2.45, 2.75) is 27.7 Å². The molecular weight excluding hydrogens is 355 g/mol. The molecule has 0 saturated carbocycles. The van der Waals surface area contributed by atoms with Crippen molar-refractivity contribution in [3.63, 3.8) is 0 Å². The molecule has 0 saturated heterocycles. The normalized spacial score (nSPS) is 12.7. The molecule has 0 aromatic heterocycles.